The van der Waals surface area contributed by atoms with Crippen molar-refractivity contribution < 1.29 is 18.1 Å². The lowest BCUT2D eigenvalue weighted by molar-refractivity contribution is -0.385. The first-order chi connectivity index (χ1) is 11.3. The molecule has 0 fully saturated rings. The zero-order chi connectivity index (χ0) is 17.7. The Bertz CT molecular complexity index is 855. The predicted octanol–water partition coefficient (Wildman–Crippen LogP) is 2.78. The number of rotatable bonds is 7. The summed E-state index contributed by atoms with van der Waals surface area (Å²) < 4.78 is 32.2. The Morgan fingerprint density at radius 2 is 2.00 bits per heavy atom. The van der Waals surface area contributed by atoms with Crippen LogP contribution in [0.15, 0.2) is 47.4 Å². The molecule has 24 heavy (non-hydrogen) atoms. The number of non-ortho nitro benzene ring substituents is 1. The monoisotopic (exact) mass is 370 g/mol. The minimum atomic E-state index is -3.95. The summed E-state index contributed by atoms with van der Waals surface area (Å²) in [6.45, 7) is 0.120. The number of nitrogens with one attached hydrogen (secondary N) is 1. The molecular formula is C15H15ClN2O5S. The molecule has 0 aromatic heterocycles. The summed E-state index contributed by atoms with van der Waals surface area (Å²) in [4.78, 5) is 9.91. The molecule has 128 valence electrons. The van der Waals surface area contributed by atoms with Crippen molar-refractivity contribution in [3.63, 3.8) is 0 Å². The quantitative estimate of drug-likeness (QED) is 0.596. The van der Waals surface area contributed by atoms with Crippen molar-refractivity contribution in [3.05, 3.63) is 63.2 Å². The maximum atomic E-state index is 12.4. The molecular weight excluding hydrogens is 356 g/mol. The fourth-order valence-electron chi connectivity index (χ4n) is 2.09. The van der Waals surface area contributed by atoms with E-state index in [1.807, 2.05) is 6.07 Å². The molecule has 2 aromatic rings. The van der Waals surface area contributed by atoms with Crippen molar-refractivity contribution in [3.8, 4) is 5.75 Å². The van der Waals surface area contributed by atoms with Gasteiger partial charge in [0.1, 0.15) is 10.6 Å². The Morgan fingerprint density at radius 3 is 2.62 bits per heavy atom. The topological polar surface area (TPSA) is 98.5 Å². The molecule has 0 bridgehead atoms. The molecule has 0 spiro atoms. The maximum Gasteiger partial charge on any atom is 0.271 e. The van der Waals surface area contributed by atoms with Gasteiger partial charge in [-0.05, 0) is 30.2 Å². The van der Waals surface area contributed by atoms with Gasteiger partial charge in [-0.25, -0.2) is 13.1 Å². The largest absolute Gasteiger partial charge is 0.495 e. The summed E-state index contributed by atoms with van der Waals surface area (Å²) in [7, 11) is -2.65. The van der Waals surface area contributed by atoms with Crippen molar-refractivity contribution in [1.82, 2.24) is 4.72 Å². The third kappa shape index (κ3) is 4.44. The zero-order valence-corrected chi connectivity index (χ0v) is 14.3. The standard InChI is InChI=1S/C15H15ClN2O5S/c1-23-14-6-5-13(18(19)20)10-15(14)24(21,22)17-8-7-11-3-2-4-12(16)9-11/h2-6,9-10,17H,7-8H2,1H3. The summed E-state index contributed by atoms with van der Waals surface area (Å²) in [6.07, 6.45) is 0.428. The third-order valence-electron chi connectivity index (χ3n) is 3.24. The number of nitro groups is 1. The molecule has 0 atom stereocenters. The van der Waals surface area contributed by atoms with Gasteiger partial charge in [0.25, 0.3) is 5.69 Å². The number of benzene rings is 2. The van der Waals surface area contributed by atoms with Crippen LogP contribution in [0.3, 0.4) is 0 Å². The van der Waals surface area contributed by atoms with E-state index in [1.165, 1.54) is 19.2 Å². The van der Waals surface area contributed by atoms with E-state index >= 15 is 0 Å². The summed E-state index contributed by atoms with van der Waals surface area (Å²) in [5.74, 6) is 0.0378. The minimum absolute atomic E-state index is 0.0378. The highest BCUT2D eigenvalue weighted by atomic mass is 35.5. The molecule has 9 heteroatoms. The SMILES string of the molecule is COc1ccc([N+](=O)[O-])cc1S(=O)(=O)NCCc1cccc(Cl)c1. The smallest absolute Gasteiger partial charge is 0.271 e. The minimum Gasteiger partial charge on any atom is -0.495 e. The molecule has 7 nitrogen and oxygen atoms in total. The molecule has 0 heterocycles. The van der Waals surface area contributed by atoms with Crippen molar-refractivity contribution in [2.24, 2.45) is 0 Å². The fourth-order valence-corrected chi connectivity index (χ4v) is 3.52. The van der Waals surface area contributed by atoms with Gasteiger partial charge in [0.2, 0.25) is 10.0 Å². The number of methoxy groups -OCH3 is 1. The highest BCUT2D eigenvalue weighted by molar-refractivity contribution is 7.89. The van der Waals surface area contributed by atoms with Gasteiger partial charge in [-0.1, -0.05) is 23.7 Å². The lowest BCUT2D eigenvalue weighted by Gasteiger charge is -2.10. The first-order valence-corrected chi connectivity index (χ1v) is 8.76. The zero-order valence-electron chi connectivity index (χ0n) is 12.7. The molecule has 0 aliphatic carbocycles. The normalized spacial score (nSPS) is 11.2. The van der Waals surface area contributed by atoms with E-state index < -0.39 is 14.9 Å². The van der Waals surface area contributed by atoms with Crippen LogP contribution in [0, 0.1) is 10.1 Å². The lowest BCUT2D eigenvalue weighted by Crippen LogP contribution is -2.26. The molecule has 0 radical (unpaired) electrons. The number of ether oxygens (including phenoxy) is 1. The van der Waals surface area contributed by atoms with Gasteiger partial charge in [-0.3, -0.25) is 10.1 Å². The van der Waals surface area contributed by atoms with Gasteiger partial charge in [0, 0.05) is 23.7 Å². The van der Waals surface area contributed by atoms with E-state index in [0.717, 1.165) is 11.6 Å². The van der Waals surface area contributed by atoms with Gasteiger partial charge < -0.3 is 4.74 Å². The van der Waals surface area contributed by atoms with E-state index in [0.29, 0.717) is 11.4 Å². The Morgan fingerprint density at radius 1 is 1.25 bits per heavy atom. The summed E-state index contributed by atoms with van der Waals surface area (Å²) in [6, 6.07) is 10.5. The molecule has 0 aliphatic rings. The Kier molecular flexibility index (Phi) is 5.76. The highest BCUT2D eigenvalue weighted by Gasteiger charge is 2.22. The second-order valence-corrected chi connectivity index (χ2v) is 7.04. The summed E-state index contributed by atoms with van der Waals surface area (Å²) in [5, 5.41) is 11.4. The van der Waals surface area contributed by atoms with Crippen LogP contribution in [-0.4, -0.2) is 27.0 Å². The van der Waals surface area contributed by atoms with Gasteiger partial charge in [0.15, 0.2) is 0 Å². The first kappa shape index (κ1) is 18.2. The Hall–Kier alpha value is -2.16. The van der Waals surface area contributed by atoms with E-state index in [2.05, 4.69) is 4.72 Å². The molecule has 0 amide bonds. The number of nitro benzene ring substituents is 1. The van der Waals surface area contributed by atoms with Crippen LogP contribution in [0.4, 0.5) is 5.69 Å². The van der Waals surface area contributed by atoms with E-state index in [9.17, 15) is 18.5 Å². The van der Waals surface area contributed by atoms with E-state index in [4.69, 9.17) is 16.3 Å². The summed E-state index contributed by atoms with van der Waals surface area (Å²) >= 11 is 5.88. The average molecular weight is 371 g/mol. The van der Waals surface area contributed by atoms with Crippen molar-refractivity contribution >= 4 is 27.3 Å². The van der Waals surface area contributed by atoms with Crippen LogP contribution in [-0.2, 0) is 16.4 Å². The summed E-state index contributed by atoms with van der Waals surface area (Å²) in [5.41, 5.74) is 0.544. The van der Waals surface area contributed by atoms with E-state index in [-0.39, 0.29) is 22.9 Å². The lowest BCUT2D eigenvalue weighted by atomic mass is 10.2. The molecule has 1 N–H and O–H groups in total. The fraction of sp³-hybridized carbons (Fsp3) is 0.200. The average Bonchev–Trinajstić information content (AvgIpc) is 2.54. The number of sulfonamides is 1. The Labute approximate surface area is 144 Å². The maximum absolute atomic E-state index is 12.4. The van der Waals surface area contributed by atoms with Crippen LogP contribution in [0.5, 0.6) is 5.75 Å². The van der Waals surface area contributed by atoms with Gasteiger partial charge >= 0.3 is 0 Å². The molecule has 0 unspecified atom stereocenters. The Balaban J connectivity index is 2.17. The van der Waals surface area contributed by atoms with Gasteiger partial charge in [-0.15, -0.1) is 0 Å². The van der Waals surface area contributed by atoms with Crippen molar-refractivity contribution in [2.75, 3.05) is 13.7 Å². The third-order valence-corrected chi connectivity index (χ3v) is 4.96. The second-order valence-electron chi connectivity index (χ2n) is 4.87. The molecule has 0 saturated heterocycles. The first-order valence-electron chi connectivity index (χ1n) is 6.90. The molecule has 2 rings (SSSR count). The number of nitrogens with zero attached hydrogens (tertiary/aromatic N) is 1. The van der Waals surface area contributed by atoms with Crippen molar-refractivity contribution in [2.45, 2.75) is 11.3 Å². The van der Waals surface area contributed by atoms with Crippen molar-refractivity contribution in [1.29, 1.82) is 0 Å². The highest BCUT2D eigenvalue weighted by Crippen LogP contribution is 2.27. The second kappa shape index (κ2) is 7.61. The predicted molar refractivity (Wildman–Crippen MR) is 90.0 cm³/mol. The van der Waals surface area contributed by atoms with Crippen LogP contribution in [0.2, 0.25) is 5.02 Å². The van der Waals surface area contributed by atoms with Crippen LogP contribution >= 0.6 is 11.6 Å². The molecule has 0 saturated carbocycles. The molecule has 0 aliphatic heterocycles. The molecule has 2 aromatic carbocycles. The number of hydrogen-bond acceptors (Lipinski definition) is 5. The number of halogens is 1. The van der Waals surface area contributed by atoms with Crippen LogP contribution in [0.25, 0.3) is 0 Å². The van der Waals surface area contributed by atoms with E-state index in [1.54, 1.807) is 18.2 Å². The van der Waals surface area contributed by atoms with Crippen LogP contribution < -0.4 is 9.46 Å². The van der Waals surface area contributed by atoms with Crippen LogP contribution in [0.1, 0.15) is 5.56 Å². The van der Waals surface area contributed by atoms with Gasteiger partial charge in [0.05, 0.1) is 12.0 Å². The number of hydrogen-bond donors (Lipinski definition) is 1. The van der Waals surface area contributed by atoms with Gasteiger partial charge in [-0.2, -0.15) is 0 Å².